The molecule has 0 aliphatic rings. The number of carboxylic acids is 1. The van der Waals surface area contributed by atoms with Gasteiger partial charge in [0, 0.05) is 31.9 Å². The number of carbonyl (C=O) groups excluding carboxylic acids is 1. The summed E-state index contributed by atoms with van der Waals surface area (Å²) in [5.74, 6) is -1.08. The zero-order valence-corrected chi connectivity index (χ0v) is 10.0. The van der Waals surface area contributed by atoms with Gasteiger partial charge < -0.3 is 15.0 Å². The second-order valence-corrected chi connectivity index (χ2v) is 4.52. The first-order valence-electron chi connectivity index (χ1n) is 5.37. The molecule has 0 aliphatic heterocycles. The predicted molar refractivity (Wildman–Crippen MR) is 61.3 cm³/mol. The van der Waals surface area contributed by atoms with Crippen molar-refractivity contribution in [2.75, 3.05) is 6.54 Å². The van der Waals surface area contributed by atoms with Gasteiger partial charge in [0.05, 0.1) is 11.7 Å². The minimum atomic E-state index is -0.940. The van der Waals surface area contributed by atoms with E-state index in [2.05, 4.69) is 10.3 Å². The number of nitrogens with one attached hydrogen (secondary N) is 1. The summed E-state index contributed by atoms with van der Waals surface area (Å²) in [7, 11) is 0. The minimum Gasteiger partial charge on any atom is -0.481 e. The van der Waals surface area contributed by atoms with Crippen molar-refractivity contribution in [2.24, 2.45) is 5.41 Å². The maximum atomic E-state index is 11.5. The van der Waals surface area contributed by atoms with E-state index in [1.54, 1.807) is 37.1 Å². The zero-order chi connectivity index (χ0) is 12.9. The van der Waals surface area contributed by atoms with Crippen LogP contribution in [0.5, 0.6) is 0 Å². The molecule has 0 fully saturated rings. The maximum absolute atomic E-state index is 11.5. The number of nitrogens with zero attached hydrogens (tertiary/aromatic N) is 2. The highest BCUT2D eigenvalue weighted by atomic mass is 16.4. The van der Waals surface area contributed by atoms with Crippen LogP contribution >= 0.6 is 0 Å². The molecule has 6 heteroatoms. The predicted octanol–water partition coefficient (Wildman–Crippen LogP) is 0.500. The summed E-state index contributed by atoms with van der Waals surface area (Å²) in [6.45, 7) is 3.82. The van der Waals surface area contributed by atoms with E-state index in [1.165, 1.54) is 0 Å². The van der Waals surface area contributed by atoms with Gasteiger partial charge in [-0.05, 0) is 13.8 Å². The number of aryl methyl sites for hydroxylation is 1. The Kier molecular flexibility index (Phi) is 4.25. The first-order chi connectivity index (χ1) is 7.92. The molecule has 0 saturated heterocycles. The smallest absolute Gasteiger partial charge is 0.310 e. The molecule has 1 amide bonds. The fourth-order valence-electron chi connectivity index (χ4n) is 1.13. The third kappa shape index (κ3) is 4.26. The summed E-state index contributed by atoms with van der Waals surface area (Å²) in [4.78, 5) is 26.1. The highest BCUT2D eigenvalue weighted by Gasteiger charge is 2.27. The molecule has 0 aromatic carbocycles. The fourth-order valence-corrected chi connectivity index (χ4v) is 1.13. The number of imidazole rings is 1. The van der Waals surface area contributed by atoms with Gasteiger partial charge in [-0.15, -0.1) is 0 Å². The molecule has 1 rings (SSSR count). The Hall–Kier alpha value is -1.85. The zero-order valence-electron chi connectivity index (χ0n) is 10.0. The number of aromatic nitrogens is 2. The van der Waals surface area contributed by atoms with Crippen molar-refractivity contribution >= 4 is 11.9 Å². The SMILES string of the molecule is CC(C)(CNC(=O)CCn1ccnc1)C(=O)O. The monoisotopic (exact) mass is 239 g/mol. The molecule has 0 aliphatic carbocycles. The van der Waals surface area contributed by atoms with Gasteiger partial charge in [0.15, 0.2) is 0 Å². The molecule has 0 bridgehead atoms. The number of aliphatic carboxylic acids is 1. The van der Waals surface area contributed by atoms with E-state index in [9.17, 15) is 9.59 Å². The van der Waals surface area contributed by atoms with Crippen molar-refractivity contribution in [3.63, 3.8) is 0 Å². The van der Waals surface area contributed by atoms with Crippen LogP contribution in [0.2, 0.25) is 0 Å². The molecule has 17 heavy (non-hydrogen) atoms. The average molecular weight is 239 g/mol. The molecule has 1 aromatic rings. The van der Waals surface area contributed by atoms with Gasteiger partial charge in [0.2, 0.25) is 5.91 Å². The number of rotatable bonds is 6. The Balaban J connectivity index is 2.28. The van der Waals surface area contributed by atoms with E-state index in [0.29, 0.717) is 13.0 Å². The third-order valence-corrected chi connectivity index (χ3v) is 2.46. The van der Waals surface area contributed by atoms with E-state index in [-0.39, 0.29) is 12.5 Å². The summed E-state index contributed by atoms with van der Waals surface area (Å²) in [6.07, 6.45) is 5.36. The number of hydrogen-bond donors (Lipinski definition) is 2. The molecular weight excluding hydrogens is 222 g/mol. The molecule has 1 aromatic heterocycles. The molecule has 6 nitrogen and oxygen atoms in total. The summed E-state index contributed by atoms with van der Waals surface area (Å²) in [6, 6.07) is 0. The van der Waals surface area contributed by atoms with Crippen LogP contribution in [0.15, 0.2) is 18.7 Å². The van der Waals surface area contributed by atoms with Gasteiger partial charge in [-0.25, -0.2) is 4.98 Å². The maximum Gasteiger partial charge on any atom is 0.310 e. The minimum absolute atomic E-state index is 0.130. The van der Waals surface area contributed by atoms with Crippen molar-refractivity contribution in [2.45, 2.75) is 26.8 Å². The Morgan fingerprint density at radius 3 is 2.71 bits per heavy atom. The first kappa shape index (κ1) is 13.2. The van der Waals surface area contributed by atoms with E-state index in [4.69, 9.17) is 5.11 Å². The topological polar surface area (TPSA) is 84.2 Å². The molecule has 0 saturated carbocycles. The van der Waals surface area contributed by atoms with E-state index >= 15 is 0 Å². The van der Waals surface area contributed by atoms with Crippen molar-refractivity contribution < 1.29 is 14.7 Å². The number of amides is 1. The summed E-state index contributed by atoms with van der Waals surface area (Å²) < 4.78 is 1.79. The molecular formula is C11H17N3O3. The molecule has 0 atom stereocenters. The van der Waals surface area contributed by atoms with Crippen LogP contribution in [0.25, 0.3) is 0 Å². The first-order valence-corrected chi connectivity index (χ1v) is 5.37. The summed E-state index contributed by atoms with van der Waals surface area (Å²) >= 11 is 0. The van der Waals surface area contributed by atoms with Crippen LogP contribution < -0.4 is 5.32 Å². The second kappa shape index (κ2) is 5.47. The van der Waals surface area contributed by atoms with Crippen LogP contribution in [-0.2, 0) is 16.1 Å². The Morgan fingerprint density at radius 1 is 1.47 bits per heavy atom. The normalized spacial score (nSPS) is 11.2. The molecule has 94 valence electrons. The molecule has 0 unspecified atom stereocenters. The lowest BCUT2D eigenvalue weighted by Gasteiger charge is -2.19. The van der Waals surface area contributed by atoms with Crippen molar-refractivity contribution in [3.8, 4) is 0 Å². The molecule has 0 radical (unpaired) electrons. The van der Waals surface area contributed by atoms with Crippen LogP contribution in [0.1, 0.15) is 20.3 Å². The average Bonchev–Trinajstić information content (AvgIpc) is 2.76. The van der Waals surface area contributed by atoms with Crippen molar-refractivity contribution in [3.05, 3.63) is 18.7 Å². The highest BCUT2D eigenvalue weighted by Crippen LogP contribution is 2.12. The van der Waals surface area contributed by atoms with Gasteiger partial charge in [-0.3, -0.25) is 9.59 Å². The molecule has 1 heterocycles. The lowest BCUT2D eigenvalue weighted by Crippen LogP contribution is -2.39. The van der Waals surface area contributed by atoms with Crippen LogP contribution in [0.3, 0.4) is 0 Å². The lowest BCUT2D eigenvalue weighted by molar-refractivity contribution is -0.146. The molecule has 0 spiro atoms. The van der Waals surface area contributed by atoms with Crippen LogP contribution in [-0.4, -0.2) is 33.1 Å². The summed E-state index contributed by atoms with van der Waals surface area (Å²) in [5.41, 5.74) is -0.940. The molecule has 2 N–H and O–H groups in total. The number of carboxylic acid groups (broad SMARTS) is 1. The van der Waals surface area contributed by atoms with Gasteiger partial charge >= 0.3 is 5.97 Å². The largest absolute Gasteiger partial charge is 0.481 e. The van der Waals surface area contributed by atoms with E-state index in [0.717, 1.165) is 0 Å². The number of hydrogen-bond acceptors (Lipinski definition) is 3. The van der Waals surface area contributed by atoms with Crippen molar-refractivity contribution in [1.29, 1.82) is 0 Å². The van der Waals surface area contributed by atoms with Crippen molar-refractivity contribution in [1.82, 2.24) is 14.9 Å². The Labute approximate surface area is 99.7 Å². The van der Waals surface area contributed by atoms with E-state index in [1.807, 2.05) is 0 Å². The fraction of sp³-hybridized carbons (Fsp3) is 0.545. The van der Waals surface area contributed by atoms with Gasteiger partial charge in [-0.1, -0.05) is 0 Å². The standard InChI is InChI=1S/C11H17N3O3/c1-11(2,10(16)17)7-13-9(15)3-5-14-6-4-12-8-14/h4,6,8H,3,5,7H2,1-2H3,(H,13,15)(H,16,17). The highest BCUT2D eigenvalue weighted by molar-refractivity contribution is 5.78. The van der Waals surface area contributed by atoms with Gasteiger partial charge in [0.1, 0.15) is 0 Å². The van der Waals surface area contributed by atoms with Crippen LogP contribution in [0, 0.1) is 5.41 Å². The second-order valence-electron chi connectivity index (χ2n) is 4.52. The van der Waals surface area contributed by atoms with Crippen LogP contribution in [0.4, 0.5) is 0 Å². The third-order valence-electron chi connectivity index (χ3n) is 2.46. The van der Waals surface area contributed by atoms with E-state index < -0.39 is 11.4 Å². The number of carbonyl (C=O) groups is 2. The van der Waals surface area contributed by atoms with Gasteiger partial charge in [-0.2, -0.15) is 0 Å². The Morgan fingerprint density at radius 2 is 2.18 bits per heavy atom. The quantitative estimate of drug-likeness (QED) is 0.757. The lowest BCUT2D eigenvalue weighted by atomic mass is 9.94. The Bertz CT molecular complexity index is 385. The summed E-state index contributed by atoms with van der Waals surface area (Å²) in [5, 5.41) is 11.5. The van der Waals surface area contributed by atoms with Gasteiger partial charge in [0.25, 0.3) is 0 Å².